The molecule has 3 aromatic rings. The zero-order chi connectivity index (χ0) is 30.8. The molecule has 11 heteroatoms. The first-order valence-corrected chi connectivity index (χ1v) is 13.5. The summed E-state index contributed by atoms with van der Waals surface area (Å²) < 4.78 is 15.8. The molecule has 1 aliphatic rings. The summed E-state index contributed by atoms with van der Waals surface area (Å²) in [6, 6.07) is 17.2. The molecule has 0 aliphatic carbocycles. The average Bonchev–Trinajstić information content (AvgIpc) is 2.97. The summed E-state index contributed by atoms with van der Waals surface area (Å²) in [7, 11) is 1.29. The Kier molecular flexibility index (Phi) is 11.5. The van der Waals surface area contributed by atoms with Gasteiger partial charge in [-0.2, -0.15) is 0 Å². The van der Waals surface area contributed by atoms with Crippen LogP contribution in [0.3, 0.4) is 0 Å². The summed E-state index contributed by atoms with van der Waals surface area (Å²) in [5.41, 5.74) is 7.63. The number of carbonyl (C=O) groups is 3. The highest BCUT2D eigenvalue weighted by Gasteiger charge is 2.39. The normalized spacial score (nSPS) is 14.5. The van der Waals surface area contributed by atoms with Gasteiger partial charge in [-0.25, -0.2) is 14.4 Å². The van der Waals surface area contributed by atoms with Gasteiger partial charge in [-0.15, -0.1) is 0 Å². The van der Waals surface area contributed by atoms with Crippen LogP contribution in [0.1, 0.15) is 35.7 Å². The molecule has 0 saturated carbocycles. The standard InChI is InChI=1S/C20H25ClN2O5.C11H8O3/c1-4-28-20(25)18-15(11-27-10-9-22)23-12(2)16(19(24)26-3)17(18)13-7-5-6-8-14(13)21;12-10-8-4-2-1-3-7(8)5-6-9(10)11(13)14/h5-8,17,23H,4,9-11,22H2,1-3H3;1-6,12H,(H,13,14). The second-order valence-corrected chi connectivity index (χ2v) is 9.46. The Balaban J connectivity index is 0.000000287. The van der Waals surface area contributed by atoms with Crippen LogP contribution in [0.2, 0.25) is 5.02 Å². The van der Waals surface area contributed by atoms with E-state index >= 15 is 0 Å². The second kappa shape index (κ2) is 15.0. The van der Waals surface area contributed by atoms with Crippen LogP contribution < -0.4 is 11.1 Å². The Morgan fingerprint density at radius 3 is 2.33 bits per heavy atom. The van der Waals surface area contributed by atoms with Crippen LogP contribution in [-0.2, 0) is 23.8 Å². The smallest absolute Gasteiger partial charge is 0.339 e. The number of hydrogen-bond acceptors (Lipinski definition) is 9. The topological polar surface area (TPSA) is 157 Å². The van der Waals surface area contributed by atoms with Crippen LogP contribution in [0.5, 0.6) is 5.75 Å². The number of methoxy groups -OCH3 is 1. The van der Waals surface area contributed by atoms with Crippen molar-refractivity contribution in [2.24, 2.45) is 5.73 Å². The van der Waals surface area contributed by atoms with Crippen molar-refractivity contribution in [3.8, 4) is 5.75 Å². The molecule has 42 heavy (non-hydrogen) atoms. The van der Waals surface area contributed by atoms with Gasteiger partial charge in [0.05, 0.1) is 49.7 Å². The first-order valence-electron chi connectivity index (χ1n) is 13.1. The largest absolute Gasteiger partial charge is 0.506 e. The molecule has 5 N–H and O–H groups in total. The number of aromatic carboxylic acids is 1. The fourth-order valence-corrected chi connectivity index (χ4v) is 4.79. The van der Waals surface area contributed by atoms with Crippen molar-refractivity contribution < 1.29 is 38.8 Å². The number of hydrogen-bond donors (Lipinski definition) is 4. The molecule has 0 aromatic heterocycles. The van der Waals surface area contributed by atoms with E-state index in [1.54, 1.807) is 56.3 Å². The molecular weight excluding hydrogens is 564 g/mol. The number of benzene rings is 3. The number of carbonyl (C=O) groups excluding carboxylic acids is 2. The van der Waals surface area contributed by atoms with Crippen LogP contribution in [-0.4, -0.2) is 61.6 Å². The van der Waals surface area contributed by atoms with E-state index in [1.165, 1.54) is 13.2 Å². The molecule has 0 radical (unpaired) electrons. The predicted octanol–water partition coefficient (Wildman–Crippen LogP) is 4.51. The van der Waals surface area contributed by atoms with Crippen LogP contribution >= 0.6 is 11.6 Å². The van der Waals surface area contributed by atoms with Gasteiger partial charge in [0.2, 0.25) is 0 Å². The second-order valence-electron chi connectivity index (χ2n) is 9.05. The first-order chi connectivity index (χ1) is 20.2. The van der Waals surface area contributed by atoms with Crippen molar-refractivity contribution in [3.05, 3.63) is 99.4 Å². The van der Waals surface area contributed by atoms with Gasteiger partial charge < -0.3 is 35.5 Å². The van der Waals surface area contributed by atoms with E-state index in [0.717, 1.165) is 5.39 Å². The number of ether oxygens (including phenoxy) is 3. The minimum atomic E-state index is -1.12. The molecule has 3 aromatic carbocycles. The number of esters is 2. The van der Waals surface area contributed by atoms with Crippen LogP contribution in [0, 0.1) is 0 Å². The molecule has 0 fully saturated rings. The van der Waals surface area contributed by atoms with Crippen molar-refractivity contribution in [1.82, 2.24) is 5.32 Å². The van der Waals surface area contributed by atoms with Gasteiger partial charge in [-0.1, -0.05) is 60.1 Å². The Labute approximate surface area is 248 Å². The summed E-state index contributed by atoms with van der Waals surface area (Å²) in [5.74, 6) is -3.15. The molecule has 1 heterocycles. The molecule has 1 unspecified atom stereocenters. The maximum atomic E-state index is 12.9. The lowest BCUT2D eigenvalue weighted by atomic mass is 9.80. The van der Waals surface area contributed by atoms with Gasteiger partial charge in [-0.05, 0) is 36.9 Å². The van der Waals surface area contributed by atoms with E-state index in [9.17, 15) is 19.5 Å². The lowest BCUT2D eigenvalue weighted by molar-refractivity contribution is -0.139. The van der Waals surface area contributed by atoms with Gasteiger partial charge in [0.25, 0.3) is 0 Å². The number of halogens is 1. The number of dihydropyridines is 1. The number of nitrogens with one attached hydrogen (secondary N) is 1. The number of phenols is 1. The molecule has 10 nitrogen and oxygen atoms in total. The summed E-state index contributed by atoms with van der Waals surface area (Å²) in [6.07, 6.45) is 0. The van der Waals surface area contributed by atoms with Crippen molar-refractivity contribution in [1.29, 1.82) is 0 Å². The van der Waals surface area contributed by atoms with E-state index < -0.39 is 23.8 Å². The van der Waals surface area contributed by atoms with Crippen molar-refractivity contribution in [2.75, 3.05) is 33.5 Å². The summed E-state index contributed by atoms with van der Waals surface area (Å²) in [4.78, 5) is 36.2. The summed E-state index contributed by atoms with van der Waals surface area (Å²) in [5, 5.41) is 23.3. The third-order valence-corrected chi connectivity index (χ3v) is 6.75. The van der Waals surface area contributed by atoms with Crippen molar-refractivity contribution in [2.45, 2.75) is 19.8 Å². The number of nitrogens with two attached hydrogens (primary N) is 1. The highest BCUT2D eigenvalue weighted by atomic mass is 35.5. The summed E-state index contributed by atoms with van der Waals surface area (Å²) >= 11 is 6.42. The van der Waals surface area contributed by atoms with Crippen molar-refractivity contribution in [3.63, 3.8) is 0 Å². The van der Waals surface area contributed by atoms with E-state index in [2.05, 4.69) is 5.32 Å². The van der Waals surface area contributed by atoms with E-state index in [1.807, 2.05) is 12.1 Å². The lowest BCUT2D eigenvalue weighted by Crippen LogP contribution is -2.35. The minimum absolute atomic E-state index is 0.0660. The number of fused-ring (bicyclic) bond motifs is 1. The highest BCUT2D eigenvalue weighted by molar-refractivity contribution is 6.31. The van der Waals surface area contributed by atoms with Gasteiger partial charge in [-0.3, -0.25) is 0 Å². The predicted molar refractivity (Wildman–Crippen MR) is 158 cm³/mol. The number of carboxylic acids is 1. The Morgan fingerprint density at radius 2 is 1.69 bits per heavy atom. The number of aromatic hydroxyl groups is 1. The quantitative estimate of drug-likeness (QED) is 0.205. The van der Waals surface area contributed by atoms with Gasteiger partial charge in [0.15, 0.2) is 0 Å². The van der Waals surface area contributed by atoms with Gasteiger partial charge in [0, 0.05) is 22.7 Å². The van der Waals surface area contributed by atoms with Crippen molar-refractivity contribution >= 4 is 40.3 Å². The maximum absolute atomic E-state index is 12.9. The van der Waals surface area contributed by atoms with Crippen LogP contribution in [0.4, 0.5) is 0 Å². The number of allylic oxidation sites excluding steroid dienone is 1. The van der Waals surface area contributed by atoms with E-state index in [4.69, 9.17) is 36.7 Å². The summed E-state index contributed by atoms with van der Waals surface area (Å²) in [6.45, 7) is 4.42. The highest BCUT2D eigenvalue weighted by Crippen LogP contribution is 2.41. The Hall–Kier alpha value is -4.38. The molecular formula is C31H33ClN2O8. The Morgan fingerprint density at radius 1 is 1.00 bits per heavy atom. The molecule has 0 bridgehead atoms. The third kappa shape index (κ3) is 7.27. The average molecular weight is 597 g/mol. The number of rotatable bonds is 9. The van der Waals surface area contributed by atoms with E-state index in [0.29, 0.717) is 46.1 Å². The zero-order valence-electron chi connectivity index (χ0n) is 23.5. The molecule has 1 atom stereocenters. The van der Waals surface area contributed by atoms with E-state index in [-0.39, 0.29) is 30.1 Å². The Bertz CT molecular complexity index is 1530. The zero-order valence-corrected chi connectivity index (χ0v) is 24.2. The molecule has 1 aliphatic heterocycles. The fraction of sp³-hybridized carbons (Fsp3) is 0.258. The molecule has 0 spiro atoms. The minimum Gasteiger partial charge on any atom is -0.506 e. The molecule has 222 valence electrons. The monoisotopic (exact) mass is 596 g/mol. The molecule has 0 saturated heterocycles. The number of carboxylic acid groups (broad SMARTS) is 1. The van der Waals surface area contributed by atoms with Crippen LogP contribution in [0.25, 0.3) is 10.8 Å². The SMILES string of the molecule is CCOC(=O)C1=C(COCCN)NC(C)=C(C(=O)OC)C1c1ccccc1Cl.O=C(O)c1ccc2ccccc2c1O. The van der Waals surface area contributed by atoms with Gasteiger partial charge in [0.1, 0.15) is 11.3 Å². The van der Waals surface area contributed by atoms with Gasteiger partial charge >= 0.3 is 17.9 Å². The first kappa shape index (κ1) is 32.1. The lowest BCUT2D eigenvalue weighted by Gasteiger charge is -2.31. The molecule has 0 amide bonds. The maximum Gasteiger partial charge on any atom is 0.339 e. The fourth-order valence-electron chi connectivity index (χ4n) is 4.55. The molecule has 4 rings (SSSR count). The third-order valence-electron chi connectivity index (χ3n) is 6.40. The van der Waals surface area contributed by atoms with Crippen LogP contribution in [0.15, 0.2) is 83.2 Å².